The third-order valence-electron chi connectivity index (χ3n) is 5.95. The van der Waals surface area contributed by atoms with Gasteiger partial charge in [-0.2, -0.15) is 4.98 Å². The zero-order valence-corrected chi connectivity index (χ0v) is 21.2. The Kier molecular flexibility index (Phi) is 7.23. The summed E-state index contributed by atoms with van der Waals surface area (Å²) < 4.78 is 11.0. The van der Waals surface area contributed by atoms with Gasteiger partial charge >= 0.3 is 0 Å². The monoisotopic (exact) mass is 501 g/mol. The molecule has 0 radical (unpaired) electrons. The van der Waals surface area contributed by atoms with Crippen LogP contribution in [0.1, 0.15) is 11.1 Å². The molecule has 0 spiro atoms. The summed E-state index contributed by atoms with van der Waals surface area (Å²) in [6.07, 6.45) is 5.60. The fourth-order valence-electron chi connectivity index (χ4n) is 4.07. The third kappa shape index (κ3) is 5.61. The summed E-state index contributed by atoms with van der Waals surface area (Å²) in [6.45, 7) is 0.725. The molecule has 0 bridgehead atoms. The first-order chi connectivity index (χ1) is 18.6. The zero-order chi connectivity index (χ0) is 26.3. The van der Waals surface area contributed by atoms with Gasteiger partial charge in [0, 0.05) is 40.6 Å². The second-order valence-electron chi connectivity index (χ2n) is 8.52. The third-order valence-corrected chi connectivity index (χ3v) is 5.95. The molecule has 0 amide bonds. The molecule has 0 saturated heterocycles. The lowest BCUT2D eigenvalue weighted by Crippen LogP contribution is -2.04. The second kappa shape index (κ2) is 11.2. The van der Waals surface area contributed by atoms with E-state index in [4.69, 9.17) is 25.9 Å². The Balaban J connectivity index is 1.48. The summed E-state index contributed by atoms with van der Waals surface area (Å²) >= 11 is 0. The van der Waals surface area contributed by atoms with Crippen molar-refractivity contribution in [1.29, 1.82) is 0 Å². The number of nitrogens with zero attached hydrogens (tertiary/aromatic N) is 2. The van der Waals surface area contributed by atoms with Gasteiger partial charge in [0.05, 0.1) is 19.7 Å². The van der Waals surface area contributed by atoms with Gasteiger partial charge in [-0.3, -0.25) is 0 Å². The molecule has 5 aromatic rings. The molecule has 0 fully saturated rings. The number of benzene rings is 4. The number of hydrogen-bond donors (Lipinski definition) is 3. The smallest absolute Gasteiger partial charge is 0.229 e. The molecule has 5 rings (SSSR count). The standard InChI is InChI=1S/C31H27N5O2/c1-4-21-12-8-14-24(16-21)33-30-26-18-28(37-2)29(38-3)19-27(26)35-31(36-30)34-25-15-9-13-23(17-25)32-20-22-10-6-5-7-11-22/h1,5-19,32H,20H2,2-3H3,(H2,33,34,35,36). The quantitative estimate of drug-likeness (QED) is 0.193. The number of ether oxygens (including phenoxy) is 2. The van der Waals surface area contributed by atoms with Gasteiger partial charge in [-0.25, -0.2) is 4.98 Å². The summed E-state index contributed by atoms with van der Waals surface area (Å²) in [7, 11) is 3.20. The average Bonchev–Trinajstić information content (AvgIpc) is 2.96. The molecule has 7 heteroatoms. The molecular formula is C31H27N5O2. The van der Waals surface area contributed by atoms with Crippen molar-refractivity contribution in [2.24, 2.45) is 0 Å². The van der Waals surface area contributed by atoms with Crippen LogP contribution in [0.15, 0.2) is 91.0 Å². The van der Waals surface area contributed by atoms with Crippen molar-refractivity contribution in [2.45, 2.75) is 6.54 Å². The van der Waals surface area contributed by atoms with Crippen LogP contribution in [0.25, 0.3) is 10.9 Å². The lowest BCUT2D eigenvalue weighted by molar-refractivity contribution is 0.356. The summed E-state index contributed by atoms with van der Waals surface area (Å²) in [4.78, 5) is 9.56. The first-order valence-electron chi connectivity index (χ1n) is 12.1. The first kappa shape index (κ1) is 24.5. The maximum atomic E-state index is 5.60. The lowest BCUT2D eigenvalue weighted by Gasteiger charge is -2.15. The van der Waals surface area contributed by atoms with E-state index in [2.05, 4.69) is 34.0 Å². The van der Waals surface area contributed by atoms with E-state index in [1.165, 1.54) is 5.56 Å². The Bertz CT molecular complexity index is 1610. The maximum absolute atomic E-state index is 5.60. The van der Waals surface area contributed by atoms with Crippen molar-refractivity contribution in [3.8, 4) is 23.8 Å². The first-order valence-corrected chi connectivity index (χ1v) is 12.1. The van der Waals surface area contributed by atoms with Crippen molar-refractivity contribution in [2.75, 3.05) is 30.2 Å². The number of anilines is 5. The molecule has 38 heavy (non-hydrogen) atoms. The summed E-state index contributed by atoms with van der Waals surface area (Å²) in [5.74, 6) is 4.87. The molecule has 0 aliphatic rings. The minimum atomic E-state index is 0.431. The Hall–Kier alpha value is -5.22. The largest absolute Gasteiger partial charge is 0.493 e. The van der Waals surface area contributed by atoms with E-state index in [0.717, 1.165) is 34.6 Å². The molecule has 1 aromatic heterocycles. The molecular weight excluding hydrogens is 474 g/mol. The molecule has 1 heterocycles. The highest BCUT2D eigenvalue weighted by Crippen LogP contribution is 2.36. The Morgan fingerprint density at radius 1 is 0.737 bits per heavy atom. The van der Waals surface area contributed by atoms with Crippen LogP contribution >= 0.6 is 0 Å². The molecule has 0 aliphatic heterocycles. The minimum absolute atomic E-state index is 0.431. The number of methoxy groups -OCH3 is 2. The van der Waals surface area contributed by atoms with Crippen LogP contribution in [0, 0.1) is 12.3 Å². The molecule has 7 nitrogen and oxygen atoms in total. The van der Waals surface area contributed by atoms with Crippen molar-refractivity contribution in [3.63, 3.8) is 0 Å². The number of nitrogens with one attached hydrogen (secondary N) is 3. The van der Waals surface area contributed by atoms with Gasteiger partial charge < -0.3 is 25.4 Å². The number of terminal acetylenes is 1. The fraction of sp³-hybridized carbons (Fsp3) is 0.0968. The molecule has 188 valence electrons. The van der Waals surface area contributed by atoms with Crippen molar-refractivity contribution < 1.29 is 9.47 Å². The molecule has 4 aromatic carbocycles. The summed E-state index contributed by atoms with van der Waals surface area (Å²) in [6, 6.07) is 29.6. The predicted molar refractivity (Wildman–Crippen MR) is 154 cm³/mol. The normalized spacial score (nSPS) is 10.4. The Labute approximate surface area is 221 Å². The maximum Gasteiger partial charge on any atom is 0.229 e. The van der Waals surface area contributed by atoms with Crippen LogP contribution in [-0.4, -0.2) is 24.2 Å². The van der Waals surface area contributed by atoms with Gasteiger partial charge in [-0.1, -0.05) is 48.4 Å². The van der Waals surface area contributed by atoms with Crippen LogP contribution in [0.3, 0.4) is 0 Å². The van der Waals surface area contributed by atoms with Crippen molar-refractivity contribution in [3.05, 3.63) is 102 Å². The predicted octanol–water partition coefficient (Wildman–Crippen LogP) is 6.73. The lowest BCUT2D eigenvalue weighted by atomic mass is 10.2. The topological polar surface area (TPSA) is 80.3 Å². The molecule has 0 aliphatic carbocycles. The van der Waals surface area contributed by atoms with Gasteiger partial charge in [0.25, 0.3) is 0 Å². The minimum Gasteiger partial charge on any atom is -0.493 e. The average molecular weight is 502 g/mol. The van der Waals surface area contributed by atoms with E-state index < -0.39 is 0 Å². The summed E-state index contributed by atoms with van der Waals surface area (Å²) in [5, 5.41) is 11.0. The van der Waals surface area contributed by atoms with Crippen LogP contribution in [-0.2, 0) is 6.54 Å². The van der Waals surface area contributed by atoms with Gasteiger partial charge in [-0.05, 0) is 48.0 Å². The highest BCUT2D eigenvalue weighted by Gasteiger charge is 2.14. The Morgan fingerprint density at radius 3 is 2.21 bits per heavy atom. The van der Waals surface area contributed by atoms with E-state index in [1.54, 1.807) is 14.2 Å². The molecule has 0 saturated carbocycles. The molecule has 3 N–H and O–H groups in total. The summed E-state index contributed by atoms with van der Waals surface area (Å²) in [5.41, 5.74) is 5.31. The van der Waals surface area contributed by atoms with Crippen LogP contribution < -0.4 is 25.4 Å². The van der Waals surface area contributed by atoms with Crippen LogP contribution in [0.2, 0.25) is 0 Å². The fourth-order valence-corrected chi connectivity index (χ4v) is 4.07. The molecule has 0 atom stereocenters. The SMILES string of the molecule is C#Cc1cccc(Nc2nc(Nc3cccc(NCc4ccccc4)c3)nc3cc(OC)c(OC)cc23)c1. The van der Waals surface area contributed by atoms with E-state index in [1.807, 2.05) is 78.9 Å². The number of rotatable bonds is 9. The van der Waals surface area contributed by atoms with E-state index in [-0.39, 0.29) is 0 Å². The van der Waals surface area contributed by atoms with Gasteiger partial charge in [0.15, 0.2) is 11.5 Å². The highest BCUT2D eigenvalue weighted by atomic mass is 16.5. The van der Waals surface area contributed by atoms with Gasteiger partial charge in [0.2, 0.25) is 5.95 Å². The van der Waals surface area contributed by atoms with E-state index in [9.17, 15) is 0 Å². The zero-order valence-electron chi connectivity index (χ0n) is 21.2. The van der Waals surface area contributed by atoms with Gasteiger partial charge in [-0.15, -0.1) is 6.42 Å². The Morgan fingerprint density at radius 2 is 1.45 bits per heavy atom. The highest BCUT2D eigenvalue weighted by molar-refractivity contribution is 5.94. The number of hydrogen-bond acceptors (Lipinski definition) is 7. The van der Waals surface area contributed by atoms with Crippen LogP contribution in [0.4, 0.5) is 28.8 Å². The molecule has 0 unspecified atom stereocenters. The van der Waals surface area contributed by atoms with Crippen molar-refractivity contribution >= 4 is 39.7 Å². The van der Waals surface area contributed by atoms with Gasteiger partial charge in [0.1, 0.15) is 5.82 Å². The number of aromatic nitrogens is 2. The van der Waals surface area contributed by atoms with Crippen molar-refractivity contribution in [1.82, 2.24) is 9.97 Å². The second-order valence-corrected chi connectivity index (χ2v) is 8.52. The van der Waals surface area contributed by atoms with E-state index in [0.29, 0.717) is 28.8 Å². The van der Waals surface area contributed by atoms with Crippen LogP contribution in [0.5, 0.6) is 11.5 Å². The van der Waals surface area contributed by atoms with E-state index >= 15 is 0 Å². The number of fused-ring (bicyclic) bond motifs is 1.